The molecule has 114 valence electrons. The van der Waals surface area contributed by atoms with Crippen LogP contribution in [-0.4, -0.2) is 28.6 Å². The second-order valence-electron chi connectivity index (χ2n) is 5.21. The van der Waals surface area contributed by atoms with Gasteiger partial charge in [0.1, 0.15) is 11.6 Å². The van der Waals surface area contributed by atoms with Crippen molar-refractivity contribution in [2.75, 3.05) is 4.90 Å². The normalized spacial score (nSPS) is 22.8. The van der Waals surface area contributed by atoms with Crippen molar-refractivity contribution in [3.8, 4) is 0 Å². The number of benzene rings is 1. The van der Waals surface area contributed by atoms with Crippen LogP contribution in [0.1, 0.15) is 5.56 Å². The van der Waals surface area contributed by atoms with E-state index in [0.29, 0.717) is 17.0 Å². The Labute approximate surface area is 139 Å². The third-order valence-corrected chi connectivity index (χ3v) is 4.38. The molecular formula is C16H10BrN3O3. The lowest BCUT2D eigenvalue weighted by Crippen LogP contribution is -2.33. The molecule has 7 heteroatoms. The average molecular weight is 372 g/mol. The molecule has 1 saturated heterocycles. The molecule has 1 fully saturated rings. The first-order valence-electron chi connectivity index (χ1n) is 6.94. The molecule has 3 heterocycles. The van der Waals surface area contributed by atoms with Gasteiger partial charge in [-0.2, -0.15) is 0 Å². The number of hydrogen-bond acceptors (Lipinski definition) is 5. The van der Waals surface area contributed by atoms with Crippen molar-refractivity contribution in [2.45, 2.75) is 6.10 Å². The van der Waals surface area contributed by atoms with E-state index in [4.69, 9.17) is 4.84 Å². The number of fused-ring (bicyclic) bond motifs is 1. The second-order valence-corrected chi connectivity index (χ2v) is 6.13. The highest BCUT2D eigenvalue weighted by atomic mass is 79.9. The molecule has 0 N–H and O–H groups in total. The van der Waals surface area contributed by atoms with E-state index >= 15 is 0 Å². The van der Waals surface area contributed by atoms with Crippen molar-refractivity contribution < 1.29 is 14.4 Å². The number of rotatable bonds is 2. The highest BCUT2D eigenvalue weighted by Crippen LogP contribution is 2.35. The van der Waals surface area contributed by atoms with E-state index in [0.717, 1.165) is 9.37 Å². The molecule has 0 radical (unpaired) electrons. The van der Waals surface area contributed by atoms with Gasteiger partial charge in [-0.15, -0.1) is 0 Å². The number of oxime groups is 1. The molecule has 1 aromatic carbocycles. The minimum atomic E-state index is -0.902. The zero-order valence-corrected chi connectivity index (χ0v) is 13.3. The van der Waals surface area contributed by atoms with Crippen LogP contribution in [0.25, 0.3) is 0 Å². The van der Waals surface area contributed by atoms with E-state index in [1.54, 1.807) is 48.8 Å². The molecule has 2 aliphatic rings. The van der Waals surface area contributed by atoms with Gasteiger partial charge in [-0.05, 0) is 36.4 Å². The molecule has 23 heavy (non-hydrogen) atoms. The van der Waals surface area contributed by atoms with Gasteiger partial charge in [0.05, 0.1) is 5.69 Å². The van der Waals surface area contributed by atoms with Crippen LogP contribution < -0.4 is 4.90 Å². The van der Waals surface area contributed by atoms with E-state index in [1.807, 2.05) is 0 Å². The number of imide groups is 1. The number of amides is 2. The number of aromatic nitrogens is 1. The zero-order valence-electron chi connectivity index (χ0n) is 11.7. The van der Waals surface area contributed by atoms with Crippen LogP contribution in [0.15, 0.2) is 58.4 Å². The Bertz CT molecular complexity index is 820. The molecule has 0 bridgehead atoms. The molecule has 0 saturated carbocycles. The van der Waals surface area contributed by atoms with E-state index in [1.165, 1.54) is 0 Å². The van der Waals surface area contributed by atoms with Gasteiger partial charge < -0.3 is 4.84 Å². The highest BCUT2D eigenvalue weighted by Gasteiger charge is 2.56. The van der Waals surface area contributed by atoms with Gasteiger partial charge in [0, 0.05) is 22.4 Å². The summed E-state index contributed by atoms with van der Waals surface area (Å²) >= 11 is 3.33. The number of carbonyl (C=O) groups is 2. The first kappa shape index (κ1) is 14.1. The fraction of sp³-hybridized carbons (Fsp3) is 0.125. The summed E-state index contributed by atoms with van der Waals surface area (Å²) in [4.78, 5) is 35.7. The molecule has 2 aromatic rings. The maximum atomic E-state index is 12.8. The van der Waals surface area contributed by atoms with Gasteiger partial charge in [-0.3, -0.25) is 14.6 Å². The van der Waals surface area contributed by atoms with Crippen LogP contribution in [-0.2, 0) is 14.4 Å². The number of carbonyl (C=O) groups excluding carboxylic acids is 2. The van der Waals surface area contributed by atoms with Crippen LogP contribution in [0.4, 0.5) is 5.69 Å². The lowest BCUT2D eigenvalue weighted by molar-refractivity contribution is -0.126. The SMILES string of the molecule is O=C1[C@@H]2C(c3cccnc3)=NO[C@H]2C(=O)N1c1ccc(Br)cc1. The standard InChI is InChI=1S/C16H10BrN3O3/c17-10-3-5-11(6-4-10)20-15(21)12-13(9-2-1-7-18-8-9)19-23-14(12)16(20)22/h1-8,12,14H/t12-,14-/m1/s1. The molecule has 2 aliphatic heterocycles. The second kappa shape index (κ2) is 5.27. The number of halogens is 1. The molecule has 1 aromatic heterocycles. The molecular weight excluding hydrogens is 362 g/mol. The summed E-state index contributed by atoms with van der Waals surface area (Å²) in [5, 5.41) is 3.93. The Morgan fingerprint density at radius 3 is 2.57 bits per heavy atom. The molecule has 2 atom stereocenters. The van der Waals surface area contributed by atoms with Gasteiger partial charge in [-0.25, -0.2) is 4.90 Å². The van der Waals surface area contributed by atoms with Gasteiger partial charge in [0.25, 0.3) is 5.91 Å². The highest BCUT2D eigenvalue weighted by molar-refractivity contribution is 9.10. The van der Waals surface area contributed by atoms with Gasteiger partial charge in [0.2, 0.25) is 12.0 Å². The van der Waals surface area contributed by atoms with E-state index < -0.39 is 17.9 Å². The summed E-state index contributed by atoms with van der Waals surface area (Å²) in [6.45, 7) is 0. The van der Waals surface area contributed by atoms with E-state index in [9.17, 15) is 9.59 Å². The maximum absolute atomic E-state index is 12.8. The Hall–Kier alpha value is -2.54. The molecule has 4 rings (SSSR count). The summed E-state index contributed by atoms with van der Waals surface area (Å²) in [6, 6.07) is 10.5. The van der Waals surface area contributed by atoms with Crippen molar-refractivity contribution in [2.24, 2.45) is 11.1 Å². The summed E-state index contributed by atoms with van der Waals surface area (Å²) < 4.78 is 0.870. The minimum absolute atomic E-state index is 0.331. The fourth-order valence-electron chi connectivity index (χ4n) is 2.77. The van der Waals surface area contributed by atoms with Crippen molar-refractivity contribution in [3.63, 3.8) is 0 Å². The third kappa shape index (κ3) is 2.16. The average Bonchev–Trinajstić information content (AvgIpc) is 3.11. The summed E-state index contributed by atoms with van der Waals surface area (Å²) in [7, 11) is 0. The number of nitrogens with zero attached hydrogens (tertiary/aromatic N) is 3. The summed E-state index contributed by atoms with van der Waals surface area (Å²) in [5.41, 5.74) is 1.65. The van der Waals surface area contributed by atoms with Crippen LogP contribution in [0.2, 0.25) is 0 Å². The Balaban J connectivity index is 1.71. The predicted octanol–water partition coefficient (Wildman–Crippen LogP) is 2.14. The maximum Gasteiger partial charge on any atom is 0.278 e. The van der Waals surface area contributed by atoms with Gasteiger partial charge in [0.15, 0.2) is 0 Å². The third-order valence-electron chi connectivity index (χ3n) is 3.85. The lowest BCUT2D eigenvalue weighted by Gasteiger charge is -2.15. The first-order valence-corrected chi connectivity index (χ1v) is 7.73. The van der Waals surface area contributed by atoms with Crippen molar-refractivity contribution in [3.05, 3.63) is 58.8 Å². The molecule has 2 amide bonds. The van der Waals surface area contributed by atoms with Crippen molar-refractivity contribution in [1.29, 1.82) is 0 Å². The zero-order chi connectivity index (χ0) is 16.0. The summed E-state index contributed by atoms with van der Waals surface area (Å²) in [6.07, 6.45) is 2.33. The van der Waals surface area contributed by atoms with Crippen LogP contribution in [0.3, 0.4) is 0 Å². The Morgan fingerprint density at radius 1 is 1.09 bits per heavy atom. The largest absolute Gasteiger partial charge is 0.381 e. The topological polar surface area (TPSA) is 71.9 Å². The first-order chi connectivity index (χ1) is 11.2. The van der Waals surface area contributed by atoms with Crippen LogP contribution in [0.5, 0.6) is 0 Å². The van der Waals surface area contributed by atoms with E-state index in [-0.39, 0.29) is 5.91 Å². The smallest absolute Gasteiger partial charge is 0.278 e. The molecule has 0 spiro atoms. The predicted molar refractivity (Wildman–Crippen MR) is 85.8 cm³/mol. The lowest BCUT2D eigenvalue weighted by atomic mass is 9.95. The number of anilines is 1. The van der Waals surface area contributed by atoms with E-state index in [2.05, 4.69) is 26.1 Å². The monoisotopic (exact) mass is 371 g/mol. The molecule has 0 aliphatic carbocycles. The summed E-state index contributed by atoms with van der Waals surface area (Å²) in [5.74, 6) is -1.46. The van der Waals surface area contributed by atoms with Gasteiger partial charge in [-0.1, -0.05) is 21.1 Å². The number of hydrogen-bond donors (Lipinski definition) is 0. The van der Waals surface area contributed by atoms with Crippen LogP contribution in [0, 0.1) is 5.92 Å². The molecule has 0 unspecified atom stereocenters. The number of pyridine rings is 1. The van der Waals surface area contributed by atoms with Crippen molar-refractivity contribution in [1.82, 2.24) is 4.98 Å². The van der Waals surface area contributed by atoms with Crippen LogP contribution >= 0.6 is 15.9 Å². The minimum Gasteiger partial charge on any atom is -0.381 e. The Kier molecular flexibility index (Phi) is 3.23. The molecule has 6 nitrogen and oxygen atoms in total. The Morgan fingerprint density at radius 2 is 1.87 bits per heavy atom. The quantitative estimate of drug-likeness (QED) is 0.758. The fourth-order valence-corrected chi connectivity index (χ4v) is 3.04. The van der Waals surface area contributed by atoms with Gasteiger partial charge >= 0.3 is 0 Å². The van der Waals surface area contributed by atoms with Crippen molar-refractivity contribution >= 4 is 39.1 Å².